The van der Waals surface area contributed by atoms with Crippen LogP contribution >= 0.6 is 23.1 Å². The summed E-state index contributed by atoms with van der Waals surface area (Å²) in [7, 11) is 0. The molecule has 0 amide bonds. The first-order valence-corrected chi connectivity index (χ1v) is 6.70. The van der Waals surface area contributed by atoms with Crippen LogP contribution < -0.4 is 5.73 Å². The van der Waals surface area contributed by atoms with Crippen molar-refractivity contribution in [2.45, 2.75) is 18.2 Å². The molecule has 0 spiro atoms. The van der Waals surface area contributed by atoms with Crippen LogP contribution in [-0.2, 0) is 6.42 Å². The van der Waals surface area contributed by atoms with Gasteiger partial charge in [-0.2, -0.15) is 0 Å². The molecule has 0 saturated carbocycles. The van der Waals surface area contributed by atoms with E-state index in [-0.39, 0.29) is 0 Å². The number of rotatable bonds is 2. The summed E-state index contributed by atoms with van der Waals surface area (Å²) in [6.45, 7) is 2.17. The molecule has 14 heavy (non-hydrogen) atoms. The third-order valence-corrected chi connectivity index (χ3v) is 4.34. The predicted octanol–water partition coefficient (Wildman–Crippen LogP) is 3.77. The molecule has 1 nitrogen and oxygen atoms in total. The Morgan fingerprint density at radius 3 is 2.86 bits per heavy atom. The van der Waals surface area contributed by atoms with Gasteiger partial charge in [-0.3, -0.25) is 0 Å². The molecule has 0 bridgehead atoms. The van der Waals surface area contributed by atoms with Gasteiger partial charge in [0, 0.05) is 26.0 Å². The van der Waals surface area contributed by atoms with Gasteiger partial charge in [0.15, 0.2) is 0 Å². The van der Waals surface area contributed by atoms with Gasteiger partial charge >= 0.3 is 0 Å². The number of aryl methyl sites for hydroxylation is 1. The maximum Gasteiger partial charge on any atom is 0.0387 e. The van der Waals surface area contributed by atoms with Crippen LogP contribution in [0, 0.1) is 0 Å². The van der Waals surface area contributed by atoms with E-state index in [1.54, 1.807) is 11.8 Å². The van der Waals surface area contributed by atoms with Crippen LogP contribution in [0.3, 0.4) is 0 Å². The van der Waals surface area contributed by atoms with Gasteiger partial charge in [0.05, 0.1) is 0 Å². The predicted molar refractivity (Wildman–Crippen MR) is 67.4 cm³/mol. The van der Waals surface area contributed by atoms with Crippen LogP contribution in [0.4, 0.5) is 5.69 Å². The smallest absolute Gasteiger partial charge is 0.0387 e. The monoisotopic (exact) mass is 223 g/mol. The van der Waals surface area contributed by atoms with Crippen molar-refractivity contribution in [1.82, 2.24) is 0 Å². The Hall–Kier alpha value is -0.670. The van der Waals surface area contributed by atoms with Crippen molar-refractivity contribution in [3.8, 4) is 0 Å². The molecule has 0 aliphatic carbocycles. The first-order valence-electron chi connectivity index (χ1n) is 4.59. The second kappa shape index (κ2) is 3.83. The van der Waals surface area contributed by atoms with Crippen molar-refractivity contribution in [2.24, 2.45) is 0 Å². The normalized spacial score (nSPS) is 11.0. The molecule has 3 heteroatoms. The molecule has 1 heterocycles. The Labute approximate surface area is 92.3 Å². The number of hydrogen-bond acceptors (Lipinski definition) is 3. The maximum absolute atomic E-state index is 5.88. The number of nitrogen functional groups attached to an aromatic ring is 1. The summed E-state index contributed by atoms with van der Waals surface area (Å²) < 4.78 is 1.39. The summed E-state index contributed by atoms with van der Waals surface area (Å²) in [6, 6.07) is 4.17. The zero-order chi connectivity index (χ0) is 10.1. The molecule has 0 fully saturated rings. The van der Waals surface area contributed by atoms with Crippen molar-refractivity contribution in [3.05, 3.63) is 23.1 Å². The second-order valence-electron chi connectivity index (χ2n) is 3.21. The summed E-state index contributed by atoms with van der Waals surface area (Å²) in [5.41, 5.74) is 8.12. The highest BCUT2D eigenvalue weighted by molar-refractivity contribution is 7.99. The fourth-order valence-electron chi connectivity index (χ4n) is 1.63. The highest BCUT2D eigenvalue weighted by Gasteiger charge is 2.07. The molecule has 2 rings (SSSR count). The van der Waals surface area contributed by atoms with Crippen molar-refractivity contribution in [3.63, 3.8) is 0 Å². The van der Waals surface area contributed by atoms with E-state index in [1.165, 1.54) is 20.5 Å². The highest BCUT2D eigenvalue weighted by Crippen LogP contribution is 2.36. The fraction of sp³-hybridized carbons (Fsp3) is 0.273. The first-order chi connectivity index (χ1) is 6.76. The molecule has 1 aromatic carbocycles. The zero-order valence-electron chi connectivity index (χ0n) is 8.33. The Bertz CT molecular complexity index is 460. The molecule has 0 aliphatic rings. The Morgan fingerprint density at radius 2 is 2.21 bits per heavy atom. The van der Waals surface area contributed by atoms with Crippen molar-refractivity contribution in [1.29, 1.82) is 0 Å². The number of thioether (sulfide) groups is 1. The van der Waals surface area contributed by atoms with Crippen LogP contribution in [0.15, 0.2) is 22.4 Å². The van der Waals surface area contributed by atoms with E-state index in [2.05, 4.69) is 30.7 Å². The van der Waals surface area contributed by atoms with E-state index >= 15 is 0 Å². The third-order valence-electron chi connectivity index (χ3n) is 2.34. The van der Waals surface area contributed by atoms with Gasteiger partial charge in [-0.25, -0.2) is 0 Å². The fourth-order valence-corrected chi connectivity index (χ4v) is 3.61. The minimum absolute atomic E-state index is 0.878. The molecule has 0 atom stereocenters. The van der Waals surface area contributed by atoms with E-state index in [0.29, 0.717) is 0 Å². The van der Waals surface area contributed by atoms with Crippen LogP contribution in [0.25, 0.3) is 10.1 Å². The number of hydrogen-bond donors (Lipinski definition) is 1. The molecule has 0 aliphatic heterocycles. The quantitative estimate of drug-likeness (QED) is 0.619. The van der Waals surface area contributed by atoms with E-state index in [1.807, 2.05) is 11.3 Å². The van der Waals surface area contributed by atoms with Crippen LogP contribution in [0.1, 0.15) is 12.5 Å². The Morgan fingerprint density at radius 1 is 1.43 bits per heavy atom. The Kier molecular flexibility index (Phi) is 2.70. The lowest BCUT2D eigenvalue weighted by Gasteiger charge is -2.02. The number of fused-ring (bicyclic) bond motifs is 1. The minimum atomic E-state index is 0.878. The highest BCUT2D eigenvalue weighted by atomic mass is 32.2. The van der Waals surface area contributed by atoms with Gasteiger partial charge in [-0.1, -0.05) is 6.92 Å². The summed E-state index contributed by atoms with van der Waals surface area (Å²) in [5.74, 6) is 0. The molecule has 0 saturated heterocycles. The molecule has 2 aromatic rings. The van der Waals surface area contributed by atoms with E-state index in [4.69, 9.17) is 5.73 Å². The third kappa shape index (κ3) is 1.51. The zero-order valence-corrected chi connectivity index (χ0v) is 9.97. The topological polar surface area (TPSA) is 26.0 Å². The van der Waals surface area contributed by atoms with Gasteiger partial charge in [0.1, 0.15) is 0 Å². The molecule has 1 aromatic heterocycles. The molecule has 2 N–H and O–H groups in total. The average Bonchev–Trinajstić information content (AvgIpc) is 2.59. The summed E-state index contributed by atoms with van der Waals surface area (Å²) in [4.78, 5) is 1.34. The summed E-state index contributed by atoms with van der Waals surface area (Å²) >= 11 is 3.61. The molecule has 0 radical (unpaired) electrons. The molecule has 74 valence electrons. The largest absolute Gasteiger partial charge is 0.399 e. The molecule has 0 unspecified atom stereocenters. The first kappa shape index (κ1) is 9.87. The minimum Gasteiger partial charge on any atom is -0.399 e. The lowest BCUT2D eigenvalue weighted by atomic mass is 10.1. The summed E-state index contributed by atoms with van der Waals surface area (Å²) in [6.07, 6.45) is 3.16. The Balaban J connectivity index is 2.76. The van der Waals surface area contributed by atoms with E-state index < -0.39 is 0 Å². The number of nitrogens with two attached hydrogens (primary N) is 1. The SMILES string of the molecule is CCc1cc(N)cc2c(SC)csc12. The molecular formula is C11H13NS2. The van der Waals surface area contributed by atoms with Gasteiger partial charge in [-0.05, 0) is 30.4 Å². The molecular weight excluding hydrogens is 210 g/mol. The van der Waals surface area contributed by atoms with Crippen LogP contribution in [-0.4, -0.2) is 6.26 Å². The lowest BCUT2D eigenvalue weighted by Crippen LogP contribution is -1.88. The van der Waals surface area contributed by atoms with Crippen molar-refractivity contribution < 1.29 is 0 Å². The van der Waals surface area contributed by atoms with Gasteiger partial charge in [0.2, 0.25) is 0 Å². The standard InChI is InChI=1S/C11H13NS2/c1-3-7-4-8(12)5-9-10(13-2)6-14-11(7)9/h4-6H,3,12H2,1-2H3. The number of anilines is 1. The second-order valence-corrected chi connectivity index (χ2v) is 4.94. The van der Waals surface area contributed by atoms with Gasteiger partial charge in [-0.15, -0.1) is 23.1 Å². The van der Waals surface area contributed by atoms with Gasteiger partial charge in [0.25, 0.3) is 0 Å². The number of thiophene rings is 1. The van der Waals surface area contributed by atoms with Crippen molar-refractivity contribution in [2.75, 3.05) is 12.0 Å². The average molecular weight is 223 g/mol. The maximum atomic E-state index is 5.88. The van der Waals surface area contributed by atoms with E-state index in [9.17, 15) is 0 Å². The van der Waals surface area contributed by atoms with E-state index in [0.717, 1.165) is 12.1 Å². The lowest BCUT2D eigenvalue weighted by molar-refractivity contribution is 1.16. The van der Waals surface area contributed by atoms with Crippen LogP contribution in [0.2, 0.25) is 0 Å². The number of benzene rings is 1. The van der Waals surface area contributed by atoms with Crippen LogP contribution in [0.5, 0.6) is 0 Å². The van der Waals surface area contributed by atoms with Crippen molar-refractivity contribution >= 4 is 38.9 Å². The summed E-state index contributed by atoms with van der Waals surface area (Å²) in [5, 5.41) is 3.54. The van der Waals surface area contributed by atoms with Gasteiger partial charge < -0.3 is 5.73 Å².